The van der Waals surface area contributed by atoms with Gasteiger partial charge < -0.3 is 14.4 Å². The van der Waals surface area contributed by atoms with Crippen molar-refractivity contribution in [3.8, 4) is 0 Å². The SMILES string of the molecule is CN(C=O)CCOCCCCCCCCCCCCCCC=O. The second-order valence-corrected chi connectivity index (χ2v) is 6.40. The van der Waals surface area contributed by atoms with Crippen molar-refractivity contribution >= 4 is 12.7 Å². The van der Waals surface area contributed by atoms with Crippen LogP contribution in [0, 0.1) is 0 Å². The van der Waals surface area contributed by atoms with Crippen LogP contribution in [-0.2, 0) is 14.3 Å². The maximum Gasteiger partial charge on any atom is 0.209 e. The summed E-state index contributed by atoms with van der Waals surface area (Å²) in [5.74, 6) is 0. The fourth-order valence-electron chi connectivity index (χ4n) is 2.56. The van der Waals surface area contributed by atoms with Gasteiger partial charge in [0.15, 0.2) is 0 Å². The molecule has 0 unspecified atom stereocenters. The molecule has 0 N–H and O–H groups in total. The number of hydrogen-bond acceptors (Lipinski definition) is 3. The van der Waals surface area contributed by atoms with Gasteiger partial charge in [0.1, 0.15) is 6.29 Å². The van der Waals surface area contributed by atoms with Crippen molar-refractivity contribution in [3.05, 3.63) is 0 Å². The predicted molar refractivity (Wildman–Crippen MR) is 95.6 cm³/mol. The van der Waals surface area contributed by atoms with Crippen LogP contribution in [0.5, 0.6) is 0 Å². The van der Waals surface area contributed by atoms with Gasteiger partial charge in [-0.3, -0.25) is 4.79 Å². The average molecular weight is 328 g/mol. The first-order valence-corrected chi connectivity index (χ1v) is 9.48. The van der Waals surface area contributed by atoms with E-state index in [0.717, 1.165) is 38.6 Å². The highest BCUT2D eigenvalue weighted by Gasteiger charge is 1.95. The third-order valence-electron chi connectivity index (χ3n) is 4.13. The van der Waals surface area contributed by atoms with Crippen LogP contribution in [-0.4, -0.2) is 44.4 Å². The van der Waals surface area contributed by atoms with Crippen molar-refractivity contribution in [2.45, 2.75) is 83.5 Å². The third kappa shape index (κ3) is 19.1. The summed E-state index contributed by atoms with van der Waals surface area (Å²) >= 11 is 0. The summed E-state index contributed by atoms with van der Waals surface area (Å²) in [6.45, 7) is 2.14. The lowest BCUT2D eigenvalue weighted by Crippen LogP contribution is -2.21. The number of nitrogens with zero attached hydrogens (tertiary/aromatic N) is 1. The lowest BCUT2D eigenvalue weighted by Gasteiger charge is -2.10. The number of aldehydes is 1. The molecular formula is C19H37NO3. The Morgan fingerprint density at radius 2 is 1.17 bits per heavy atom. The molecule has 0 aliphatic heterocycles. The predicted octanol–water partition coefficient (Wildman–Crippen LogP) is 4.36. The van der Waals surface area contributed by atoms with Gasteiger partial charge in [-0.15, -0.1) is 0 Å². The third-order valence-corrected chi connectivity index (χ3v) is 4.13. The minimum atomic E-state index is 0.643. The molecule has 0 atom stereocenters. The second kappa shape index (κ2) is 19.1. The maximum absolute atomic E-state index is 10.4. The fraction of sp³-hybridized carbons (Fsp3) is 0.895. The van der Waals surface area contributed by atoms with E-state index in [1.165, 1.54) is 64.2 Å². The molecule has 0 aromatic carbocycles. The molecule has 0 bridgehead atoms. The molecule has 0 saturated heterocycles. The molecule has 4 heteroatoms. The van der Waals surface area contributed by atoms with Crippen LogP contribution in [0.1, 0.15) is 83.5 Å². The molecule has 0 aromatic heterocycles. The summed E-state index contributed by atoms with van der Waals surface area (Å²) < 4.78 is 5.49. The summed E-state index contributed by atoms with van der Waals surface area (Å²) in [5.41, 5.74) is 0. The molecule has 0 spiro atoms. The van der Waals surface area contributed by atoms with Gasteiger partial charge in [-0.25, -0.2) is 0 Å². The number of unbranched alkanes of at least 4 members (excludes halogenated alkanes) is 12. The van der Waals surface area contributed by atoms with E-state index in [-0.39, 0.29) is 0 Å². The average Bonchev–Trinajstić information content (AvgIpc) is 2.57. The molecule has 0 aliphatic rings. The van der Waals surface area contributed by atoms with E-state index in [2.05, 4.69) is 0 Å². The van der Waals surface area contributed by atoms with Crippen molar-refractivity contribution in [2.75, 3.05) is 26.8 Å². The maximum atomic E-state index is 10.4. The van der Waals surface area contributed by atoms with Gasteiger partial charge in [0.25, 0.3) is 0 Å². The largest absolute Gasteiger partial charge is 0.380 e. The molecule has 0 radical (unpaired) electrons. The monoisotopic (exact) mass is 327 g/mol. The molecule has 136 valence electrons. The molecule has 0 fully saturated rings. The van der Waals surface area contributed by atoms with E-state index >= 15 is 0 Å². The molecule has 1 amide bonds. The van der Waals surface area contributed by atoms with Gasteiger partial charge in [0.2, 0.25) is 6.41 Å². The topological polar surface area (TPSA) is 46.6 Å². The van der Waals surface area contributed by atoms with Crippen LogP contribution in [0.4, 0.5) is 0 Å². The second-order valence-electron chi connectivity index (χ2n) is 6.40. The zero-order valence-electron chi connectivity index (χ0n) is 15.1. The highest BCUT2D eigenvalue weighted by Crippen LogP contribution is 2.12. The van der Waals surface area contributed by atoms with Crippen LogP contribution in [0.2, 0.25) is 0 Å². The van der Waals surface area contributed by atoms with Gasteiger partial charge in [-0.1, -0.05) is 64.2 Å². The van der Waals surface area contributed by atoms with Gasteiger partial charge >= 0.3 is 0 Å². The summed E-state index contributed by atoms with van der Waals surface area (Å²) in [4.78, 5) is 22.1. The van der Waals surface area contributed by atoms with Crippen LogP contribution in [0.15, 0.2) is 0 Å². The smallest absolute Gasteiger partial charge is 0.209 e. The van der Waals surface area contributed by atoms with Gasteiger partial charge in [0, 0.05) is 26.6 Å². The summed E-state index contributed by atoms with van der Waals surface area (Å²) in [6.07, 6.45) is 18.0. The molecule has 0 heterocycles. The first-order chi connectivity index (χ1) is 11.3. The molecule has 0 rings (SSSR count). The van der Waals surface area contributed by atoms with E-state index in [1.54, 1.807) is 11.9 Å². The lowest BCUT2D eigenvalue weighted by atomic mass is 10.0. The highest BCUT2D eigenvalue weighted by molar-refractivity contribution is 5.48. The van der Waals surface area contributed by atoms with E-state index in [9.17, 15) is 9.59 Å². The Balaban J connectivity index is 3.00. The number of carbonyl (C=O) groups is 2. The highest BCUT2D eigenvalue weighted by atomic mass is 16.5. The Morgan fingerprint density at radius 3 is 1.65 bits per heavy atom. The molecule has 0 aliphatic carbocycles. The Kier molecular flexibility index (Phi) is 18.4. The van der Waals surface area contributed by atoms with Crippen LogP contribution in [0.25, 0.3) is 0 Å². The van der Waals surface area contributed by atoms with Gasteiger partial charge in [-0.05, 0) is 12.8 Å². The number of likely N-dealkylation sites (N-methyl/N-ethyl adjacent to an activating group) is 1. The minimum absolute atomic E-state index is 0.643. The van der Waals surface area contributed by atoms with Crippen LogP contribution >= 0.6 is 0 Å². The van der Waals surface area contributed by atoms with Crippen molar-refractivity contribution in [1.82, 2.24) is 4.90 Å². The van der Waals surface area contributed by atoms with Gasteiger partial charge in [-0.2, -0.15) is 0 Å². The van der Waals surface area contributed by atoms with Crippen LogP contribution < -0.4 is 0 Å². The number of hydrogen-bond donors (Lipinski definition) is 0. The van der Waals surface area contributed by atoms with Crippen molar-refractivity contribution < 1.29 is 14.3 Å². The fourth-order valence-corrected chi connectivity index (χ4v) is 2.56. The number of carbonyl (C=O) groups excluding carboxylic acids is 2. The molecular weight excluding hydrogens is 290 g/mol. The summed E-state index contributed by atoms with van der Waals surface area (Å²) in [7, 11) is 1.77. The Bertz CT molecular complexity index is 259. The summed E-state index contributed by atoms with van der Waals surface area (Å²) in [6, 6.07) is 0. The molecule has 4 nitrogen and oxygen atoms in total. The Hall–Kier alpha value is -0.900. The summed E-state index contributed by atoms with van der Waals surface area (Å²) in [5, 5.41) is 0. The van der Waals surface area contributed by atoms with Crippen LogP contribution in [0.3, 0.4) is 0 Å². The quantitative estimate of drug-likeness (QED) is 0.261. The van der Waals surface area contributed by atoms with E-state index in [4.69, 9.17) is 4.74 Å². The van der Waals surface area contributed by atoms with E-state index in [1.807, 2.05) is 0 Å². The van der Waals surface area contributed by atoms with Gasteiger partial charge in [0.05, 0.1) is 6.61 Å². The zero-order chi connectivity index (χ0) is 17.0. The zero-order valence-corrected chi connectivity index (χ0v) is 15.1. The standard InChI is InChI=1S/C19H37NO3/c1-20(19-22)15-18-23-17-14-12-10-8-6-4-2-3-5-7-9-11-13-16-21/h16,19H,2-15,17-18H2,1H3. The van der Waals surface area contributed by atoms with Crippen molar-refractivity contribution in [3.63, 3.8) is 0 Å². The number of amides is 1. The first-order valence-electron chi connectivity index (χ1n) is 9.48. The molecule has 23 heavy (non-hydrogen) atoms. The molecule has 0 aromatic rings. The Morgan fingerprint density at radius 1 is 0.696 bits per heavy atom. The number of rotatable bonds is 19. The molecule has 0 saturated carbocycles. The van der Waals surface area contributed by atoms with E-state index < -0.39 is 0 Å². The lowest BCUT2D eigenvalue weighted by molar-refractivity contribution is -0.117. The van der Waals surface area contributed by atoms with E-state index in [0.29, 0.717) is 13.2 Å². The Labute approximate surface area is 143 Å². The van der Waals surface area contributed by atoms with Crippen molar-refractivity contribution in [2.24, 2.45) is 0 Å². The van der Waals surface area contributed by atoms with Crippen molar-refractivity contribution in [1.29, 1.82) is 0 Å². The minimum Gasteiger partial charge on any atom is -0.380 e. The number of ether oxygens (including phenoxy) is 1. The first kappa shape index (κ1) is 22.1. The normalized spacial score (nSPS) is 10.7.